The van der Waals surface area contributed by atoms with Crippen molar-refractivity contribution in [3.63, 3.8) is 0 Å². The summed E-state index contributed by atoms with van der Waals surface area (Å²) in [5.74, 6) is 2.22. The summed E-state index contributed by atoms with van der Waals surface area (Å²) in [4.78, 5) is 7.04. The Morgan fingerprint density at radius 2 is 1.88 bits per heavy atom. The van der Waals surface area contributed by atoms with Crippen LogP contribution in [0.15, 0.2) is 42.7 Å². The molecule has 1 aliphatic heterocycles. The standard InChI is InChI=1S/C18H26N4.2ClH/c1-14(2)22-9-8-20-18(22)13-21-11-16(10-19)17(12-21)15-6-4-3-5-7-15;;/h3-9,14,16-17H,10-13,19H2,1-2H3;2*1H/t16-,17+;;/m1../s1. The monoisotopic (exact) mass is 370 g/mol. The van der Waals surface area contributed by atoms with Crippen LogP contribution in [0.5, 0.6) is 0 Å². The lowest BCUT2D eigenvalue weighted by molar-refractivity contribution is 0.300. The van der Waals surface area contributed by atoms with Gasteiger partial charge in [0.2, 0.25) is 0 Å². The maximum Gasteiger partial charge on any atom is 0.123 e. The van der Waals surface area contributed by atoms with Gasteiger partial charge in [-0.05, 0) is 31.9 Å². The number of benzene rings is 1. The topological polar surface area (TPSA) is 47.1 Å². The van der Waals surface area contributed by atoms with Gasteiger partial charge in [0.15, 0.2) is 0 Å². The van der Waals surface area contributed by atoms with Crippen molar-refractivity contribution < 1.29 is 0 Å². The Kier molecular flexibility index (Phi) is 8.23. The van der Waals surface area contributed by atoms with E-state index in [9.17, 15) is 0 Å². The first-order chi connectivity index (χ1) is 10.7. The minimum Gasteiger partial charge on any atom is -0.331 e. The molecule has 0 unspecified atom stereocenters. The van der Waals surface area contributed by atoms with E-state index in [1.807, 2.05) is 6.20 Å². The largest absolute Gasteiger partial charge is 0.331 e. The average molecular weight is 371 g/mol. The second kappa shape index (κ2) is 9.42. The van der Waals surface area contributed by atoms with E-state index in [2.05, 4.69) is 64.8 Å². The molecule has 0 radical (unpaired) electrons. The molecule has 4 nitrogen and oxygen atoms in total. The summed E-state index contributed by atoms with van der Waals surface area (Å²) >= 11 is 0. The molecule has 6 heteroatoms. The summed E-state index contributed by atoms with van der Waals surface area (Å²) in [6.45, 7) is 8.17. The summed E-state index contributed by atoms with van der Waals surface area (Å²) in [5, 5.41) is 0. The van der Waals surface area contributed by atoms with Gasteiger partial charge in [0.05, 0.1) is 6.54 Å². The van der Waals surface area contributed by atoms with Crippen LogP contribution in [-0.4, -0.2) is 34.1 Å². The van der Waals surface area contributed by atoms with Gasteiger partial charge < -0.3 is 10.3 Å². The Balaban J connectivity index is 0.00000144. The van der Waals surface area contributed by atoms with Crippen LogP contribution in [0.2, 0.25) is 0 Å². The molecule has 3 rings (SSSR count). The fourth-order valence-corrected chi connectivity index (χ4v) is 3.54. The first-order valence-corrected chi connectivity index (χ1v) is 8.18. The highest BCUT2D eigenvalue weighted by Crippen LogP contribution is 2.32. The first kappa shape index (κ1) is 21.0. The molecule has 0 saturated carbocycles. The van der Waals surface area contributed by atoms with E-state index in [0.29, 0.717) is 17.9 Å². The molecule has 0 spiro atoms. The van der Waals surface area contributed by atoms with Gasteiger partial charge in [-0.2, -0.15) is 0 Å². The van der Waals surface area contributed by atoms with Gasteiger partial charge in [0.25, 0.3) is 0 Å². The fourth-order valence-electron chi connectivity index (χ4n) is 3.54. The van der Waals surface area contributed by atoms with Gasteiger partial charge in [0.1, 0.15) is 5.82 Å². The minimum atomic E-state index is 0. The van der Waals surface area contributed by atoms with Crippen molar-refractivity contribution in [3.05, 3.63) is 54.1 Å². The Labute approximate surface area is 157 Å². The summed E-state index contributed by atoms with van der Waals surface area (Å²) in [7, 11) is 0. The van der Waals surface area contributed by atoms with Crippen LogP contribution in [-0.2, 0) is 6.54 Å². The zero-order valence-electron chi connectivity index (χ0n) is 14.3. The summed E-state index contributed by atoms with van der Waals surface area (Å²) in [6.07, 6.45) is 3.98. The third kappa shape index (κ3) is 4.51. The molecule has 0 aliphatic carbocycles. The molecule has 1 fully saturated rings. The van der Waals surface area contributed by atoms with Crippen LogP contribution in [0.4, 0.5) is 0 Å². The number of rotatable bonds is 5. The Morgan fingerprint density at radius 3 is 2.50 bits per heavy atom. The number of likely N-dealkylation sites (tertiary alicyclic amines) is 1. The summed E-state index contributed by atoms with van der Waals surface area (Å²) in [5.41, 5.74) is 7.44. The Bertz CT molecular complexity index is 600. The molecule has 0 amide bonds. The second-order valence-corrected chi connectivity index (χ2v) is 6.55. The maximum atomic E-state index is 6.03. The molecule has 0 bridgehead atoms. The van der Waals surface area contributed by atoms with E-state index in [1.165, 1.54) is 5.56 Å². The molecular weight excluding hydrogens is 343 g/mol. The third-order valence-electron chi connectivity index (χ3n) is 4.72. The molecule has 2 N–H and O–H groups in total. The number of nitrogens with zero attached hydrogens (tertiary/aromatic N) is 3. The Hall–Kier alpha value is -1.07. The predicted octanol–water partition coefficient (Wildman–Crippen LogP) is 3.48. The van der Waals surface area contributed by atoms with Crippen molar-refractivity contribution in [3.8, 4) is 0 Å². The maximum absolute atomic E-state index is 6.03. The summed E-state index contributed by atoms with van der Waals surface area (Å²) < 4.78 is 2.26. The van der Waals surface area contributed by atoms with Crippen LogP contribution in [0.25, 0.3) is 0 Å². The van der Waals surface area contributed by atoms with Crippen molar-refractivity contribution in [1.82, 2.24) is 14.5 Å². The zero-order valence-corrected chi connectivity index (χ0v) is 16.0. The number of nitrogens with two attached hydrogens (primary N) is 1. The van der Waals surface area contributed by atoms with Crippen LogP contribution in [0.1, 0.15) is 37.2 Å². The number of aromatic nitrogens is 2. The van der Waals surface area contributed by atoms with Gasteiger partial charge in [-0.25, -0.2) is 4.98 Å². The molecule has 1 saturated heterocycles. The zero-order chi connectivity index (χ0) is 15.5. The molecule has 24 heavy (non-hydrogen) atoms. The van der Waals surface area contributed by atoms with Crippen molar-refractivity contribution in [2.24, 2.45) is 11.7 Å². The van der Waals surface area contributed by atoms with Gasteiger partial charge >= 0.3 is 0 Å². The van der Waals surface area contributed by atoms with Crippen LogP contribution >= 0.6 is 24.8 Å². The lowest BCUT2D eigenvalue weighted by atomic mass is 9.89. The SMILES string of the molecule is CC(C)n1ccnc1CN1C[C@@H](CN)[C@H](c2ccccc2)C1.Cl.Cl. The van der Waals surface area contributed by atoms with E-state index in [4.69, 9.17) is 5.73 Å². The van der Waals surface area contributed by atoms with E-state index in [1.54, 1.807) is 0 Å². The van der Waals surface area contributed by atoms with Crippen LogP contribution < -0.4 is 5.73 Å². The molecule has 1 aliphatic rings. The van der Waals surface area contributed by atoms with Crippen LogP contribution in [0, 0.1) is 5.92 Å². The van der Waals surface area contributed by atoms with E-state index >= 15 is 0 Å². The molecule has 2 aromatic rings. The fraction of sp³-hybridized carbons (Fsp3) is 0.500. The van der Waals surface area contributed by atoms with E-state index in [-0.39, 0.29) is 24.8 Å². The normalized spacial score (nSPS) is 20.7. The Morgan fingerprint density at radius 1 is 1.17 bits per heavy atom. The predicted molar refractivity (Wildman–Crippen MR) is 104 cm³/mol. The van der Waals surface area contributed by atoms with E-state index < -0.39 is 0 Å². The van der Waals surface area contributed by atoms with Crippen molar-refractivity contribution in [1.29, 1.82) is 0 Å². The lowest BCUT2D eigenvalue weighted by Gasteiger charge is -2.18. The number of hydrogen-bond donors (Lipinski definition) is 1. The molecule has 1 aromatic carbocycles. The molecule has 134 valence electrons. The minimum absolute atomic E-state index is 0. The number of halogens is 2. The van der Waals surface area contributed by atoms with Crippen molar-refractivity contribution >= 4 is 24.8 Å². The van der Waals surface area contributed by atoms with Gasteiger partial charge in [-0.15, -0.1) is 24.8 Å². The third-order valence-corrected chi connectivity index (χ3v) is 4.72. The first-order valence-electron chi connectivity index (χ1n) is 8.18. The van der Waals surface area contributed by atoms with Gasteiger partial charge in [-0.3, -0.25) is 4.90 Å². The van der Waals surface area contributed by atoms with Gasteiger partial charge in [-0.1, -0.05) is 30.3 Å². The molecule has 1 aromatic heterocycles. The number of imidazole rings is 1. The summed E-state index contributed by atoms with van der Waals surface area (Å²) in [6, 6.07) is 11.2. The molecule has 2 heterocycles. The smallest absolute Gasteiger partial charge is 0.123 e. The van der Waals surface area contributed by atoms with E-state index in [0.717, 1.165) is 32.0 Å². The lowest BCUT2D eigenvalue weighted by Crippen LogP contribution is -2.24. The highest BCUT2D eigenvalue weighted by molar-refractivity contribution is 5.85. The van der Waals surface area contributed by atoms with Crippen molar-refractivity contribution in [2.75, 3.05) is 19.6 Å². The molecule has 2 atom stereocenters. The highest BCUT2D eigenvalue weighted by Gasteiger charge is 2.33. The van der Waals surface area contributed by atoms with Crippen LogP contribution in [0.3, 0.4) is 0 Å². The average Bonchev–Trinajstić information content (AvgIpc) is 3.15. The number of hydrogen-bond acceptors (Lipinski definition) is 3. The van der Waals surface area contributed by atoms with Crippen molar-refractivity contribution in [2.45, 2.75) is 32.4 Å². The molecular formula is C18H28Cl2N4. The second-order valence-electron chi connectivity index (χ2n) is 6.55. The highest BCUT2D eigenvalue weighted by atomic mass is 35.5. The van der Waals surface area contributed by atoms with Gasteiger partial charge in [0, 0.05) is 37.4 Å². The quantitative estimate of drug-likeness (QED) is 0.875.